The van der Waals surface area contributed by atoms with Crippen molar-refractivity contribution in [3.63, 3.8) is 0 Å². The number of amides is 2. The third kappa shape index (κ3) is 6.23. The van der Waals surface area contributed by atoms with E-state index in [1.807, 2.05) is 38.7 Å². The number of carboxylic acid groups (broad SMARTS) is 1. The molecule has 0 spiro atoms. The van der Waals surface area contributed by atoms with Gasteiger partial charge in [0.2, 0.25) is 0 Å². The van der Waals surface area contributed by atoms with Crippen LogP contribution < -0.4 is 15.8 Å². The molecule has 1 aliphatic rings. The Kier molecular flexibility index (Phi) is 7.78. The molecule has 3 N–H and O–H groups in total. The lowest BCUT2D eigenvalue weighted by Crippen LogP contribution is -2.55. The number of hydrogen-bond acceptors (Lipinski definition) is 8. The molecule has 1 unspecified atom stereocenters. The number of aliphatic carboxylic acids is 1. The molecule has 2 amide bonds. The van der Waals surface area contributed by atoms with Gasteiger partial charge in [-0.25, -0.2) is 20.6 Å². The molecule has 1 aromatic heterocycles. The van der Waals surface area contributed by atoms with E-state index in [1.54, 1.807) is 29.2 Å². The summed E-state index contributed by atoms with van der Waals surface area (Å²) < 4.78 is 5.52. The van der Waals surface area contributed by atoms with Crippen molar-refractivity contribution in [2.45, 2.75) is 52.2 Å². The summed E-state index contributed by atoms with van der Waals surface area (Å²) in [4.78, 5) is 45.1. The smallest absolute Gasteiger partial charge is 0.410 e. The quantitative estimate of drug-likeness (QED) is 0.360. The number of hydrazine groups is 1. The maximum Gasteiger partial charge on any atom is 0.410 e. The number of aryl methyl sites for hydroxylation is 1. The zero-order valence-electron chi connectivity index (χ0n) is 19.9. The first kappa shape index (κ1) is 25.4. The second-order valence-electron chi connectivity index (χ2n) is 9.13. The molecule has 1 aliphatic heterocycles. The van der Waals surface area contributed by atoms with Gasteiger partial charge < -0.3 is 19.6 Å². The van der Waals surface area contributed by atoms with Gasteiger partial charge in [0, 0.05) is 32.1 Å². The monoisotopic (exact) mass is 489 g/mol. The van der Waals surface area contributed by atoms with Gasteiger partial charge in [0.05, 0.1) is 17.1 Å². The first-order chi connectivity index (χ1) is 16.0. The van der Waals surface area contributed by atoms with E-state index in [0.717, 1.165) is 5.01 Å². The molecule has 1 fully saturated rings. The van der Waals surface area contributed by atoms with Crippen molar-refractivity contribution in [3.8, 4) is 0 Å². The Bertz CT molecular complexity index is 1040. The molecule has 34 heavy (non-hydrogen) atoms. The van der Waals surface area contributed by atoms with E-state index in [-0.39, 0.29) is 30.7 Å². The molecule has 1 atom stereocenters. The van der Waals surface area contributed by atoms with E-state index >= 15 is 0 Å². The van der Waals surface area contributed by atoms with Gasteiger partial charge in [-0.05, 0) is 39.8 Å². The average molecular weight is 490 g/mol. The molecule has 0 saturated carbocycles. The summed E-state index contributed by atoms with van der Waals surface area (Å²) in [7, 11) is 0. The van der Waals surface area contributed by atoms with E-state index in [2.05, 4.69) is 4.98 Å². The van der Waals surface area contributed by atoms with Gasteiger partial charge in [-0.15, -0.1) is 11.3 Å². The van der Waals surface area contributed by atoms with Crippen molar-refractivity contribution in [3.05, 3.63) is 41.0 Å². The standard InChI is InChI=1S/C23H31N5O5S/c1-15-14-26(12-13-27(15)22(32)33-23(2,3)4)21-19(25-17(34-21)10-11-18(29)30)20(31)28(24)16-8-6-5-7-9-16/h5-9,15H,10-14,24H2,1-4H3,(H,29,30). The van der Waals surface area contributed by atoms with Crippen LogP contribution in [0.2, 0.25) is 0 Å². The maximum atomic E-state index is 13.3. The van der Waals surface area contributed by atoms with Crippen LogP contribution in [0.25, 0.3) is 0 Å². The molecule has 1 aromatic carbocycles. The molecule has 10 nitrogen and oxygen atoms in total. The lowest BCUT2D eigenvalue weighted by atomic mass is 10.2. The molecule has 3 rings (SSSR count). The molecular weight excluding hydrogens is 458 g/mol. The summed E-state index contributed by atoms with van der Waals surface area (Å²) in [5, 5.41) is 11.3. The topological polar surface area (TPSA) is 129 Å². The molecule has 2 heterocycles. The van der Waals surface area contributed by atoms with Gasteiger partial charge in [-0.1, -0.05) is 18.2 Å². The fraction of sp³-hybridized carbons (Fsp3) is 0.478. The predicted octanol–water partition coefficient (Wildman–Crippen LogP) is 3.13. The van der Waals surface area contributed by atoms with Crippen LogP contribution in [-0.2, 0) is 16.0 Å². The number of benzene rings is 1. The number of ether oxygens (including phenoxy) is 1. The van der Waals surface area contributed by atoms with E-state index in [4.69, 9.17) is 15.7 Å². The normalized spacial score (nSPS) is 16.3. The van der Waals surface area contributed by atoms with Crippen molar-refractivity contribution in [1.29, 1.82) is 0 Å². The number of piperazine rings is 1. The number of carbonyl (C=O) groups is 3. The minimum Gasteiger partial charge on any atom is -0.481 e. The van der Waals surface area contributed by atoms with Crippen LogP contribution in [0.3, 0.4) is 0 Å². The molecule has 0 radical (unpaired) electrons. The fourth-order valence-electron chi connectivity index (χ4n) is 3.58. The van der Waals surface area contributed by atoms with E-state index in [9.17, 15) is 14.4 Å². The average Bonchev–Trinajstić information content (AvgIpc) is 3.20. The summed E-state index contributed by atoms with van der Waals surface area (Å²) >= 11 is 1.28. The fourth-order valence-corrected chi connectivity index (χ4v) is 4.67. The Morgan fingerprint density at radius 1 is 1.24 bits per heavy atom. The number of hydrogen-bond donors (Lipinski definition) is 2. The van der Waals surface area contributed by atoms with Crippen LogP contribution in [0.4, 0.5) is 15.5 Å². The van der Waals surface area contributed by atoms with Crippen LogP contribution in [0.1, 0.15) is 49.6 Å². The highest BCUT2D eigenvalue weighted by molar-refractivity contribution is 7.16. The lowest BCUT2D eigenvalue weighted by Gasteiger charge is -2.40. The largest absolute Gasteiger partial charge is 0.481 e. The van der Waals surface area contributed by atoms with E-state index in [0.29, 0.717) is 35.3 Å². The summed E-state index contributed by atoms with van der Waals surface area (Å²) in [5.74, 6) is 4.69. The number of aromatic nitrogens is 1. The van der Waals surface area contributed by atoms with Crippen molar-refractivity contribution < 1.29 is 24.2 Å². The van der Waals surface area contributed by atoms with Crippen molar-refractivity contribution in [2.75, 3.05) is 29.5 Å². The molecule has 2 aromatic rings. The highest BCUT2D eigenvalue weighted by Gasteiger charge is 2.34. The Balaban J connectivity index is 1.84. The maximum absolute atomic E-state index is 13.3. The van der Waals surface area contributed by atoms with Gasteiger partial charge in [0.15, 0.2) is 5.69 Å². The zero-order valence-corrected chi connectivity index (χ0v) is 20.7. The molecule has 0 aliphatic carbocycles. The predicted molar refractivity (Wildman–Crippen MR) is 130 cm³/mol. The first-order valence-electron chi connectivity index (χ1n) is 11.1. The molecule has 184 valence electrons. The summed E-state index contributed by atoms with van der Waals surface area (Å²) in [6.07, 6.45) is -0.252. The lowest BCUT2D eigenvalue weighted by molar-refractivity contribution is -0.136. The Morgan fingerprint density at radius 3 is 2.50 bits per heavy atom. The molecule has 0 bridgehead atoms. The molecule has 1 saturated heterocycles. The van der Waals surface area contributed by atoms with Gasteiger partial charge in [-0.3, -0.25) is 9.59 Å². The van der Waals surface area contributed by atoms with Crippen LogP contribution in [0.15, 0.2) is 30.3 Å². The number of nitrogens with two attached hydrogens (primary N) is 1. The third-order valence-corrected chi connectivity index (χ3v) is 6.38. The number of rotatable bonds is 6. The van der Waals surface area contributed by atoms with Crippen LogP contribution in [0.5, 0.6) is 0 Å². The second-order valence-corrected chi connectivity index (χ2v) is 10.2. The van der Waals surface area contributed by atoms with E-state index < -0.39 is 17.5 Å². The number of thiazole rings is 1. The summed E-state index contributed by atoms with van der Waals surface area (Å²) in [6, 6.07) is 8.65. The summed E-state index contributed by atoms with van der Waals surface area (Å²) in [5.41, 5.74) is 0.100. The number of carbonyl (C=O) groups excluding carboxylic acids is 2. The highest BCUT2D eigenvalue weighted by atomic mass is 32.1. The Labute approximate surface area is 202 Å². The van der Waals surface area contributed by atoms with Gasteiger partial charge in [0.1, 0.15) is 10.6 Å². The van der Waals surface area contributed by atoms with Crippen molar-refractivity contribution >= 4 is 40.0 Å². The van der Waals surface area contributed by atoms with Crippen LogP contribution in [0, 0.1) is 0 Å². The van der Waals surface area contributed by atoms with Crippen LogP contribution >= 0.6 is 11.3 Å². The molecule has 11 heteroatoms. The number of anilines is 2. The Morgan fingerprint density at radius 2 is 1.91 bits per heavy atom. The SMILES string of the molecule is CC1CN(c2sc(CCC(=O)O)nc2C(=O)N(N)c2ccccc2)CCN1C(=O)OC(C)(C)C. The third-order valence-electron chi connectivity index (χ3n) is 5.20. The van der Waals surface area contributed by atoms with Gasteiger partial charge in [0.25, 0.3) is 5.91 Å². The summed E-state index contributed by atoms with van der Waals surface area (Å²) in [6.45, 7) is 8.75. The van der Waals surface area contributed by atoms with Gasteiger partial charge in [-0.2, -0.15) is 0 Å². The molecular formula is C23H31N5O5S. The Hall–Kier alpha value is -3.18. The first-order valence-corrected chi connectivity index (χ1v) is 11.9. The highest BCUT2D eigenvalue weighted by Crippen LogP contribution is 2.33. The van der Waals surface area contributed by atoms with Crippen molar-refractivity contribution in [1.82, 2.24) is 9.88 Å². The van der Waals surface area contributed by atoms with E-state index in [1.165, 1.54) is 11.3 Å². The minimum absolute atomic E-state index is 0.0889. The number of nitrogens with zero attached hydrogens (tertiary/aromatic N) is 4. The number of carboxylic acids is 1. The van der Waals surface area contributed by atoms with Gasteiger partial charge >= 0.3 is 12.1 Å². The van der Waals surface area contributed by atoms with Crippen LogP contribution in [-0.4, -0.2) is 64.2 Å². The zero-order chi connectivity index (χ0) is 25.0. The minimum atomic E-state index is -0.936. The van der Waals surface area contributed by atoms with Crippen molar-refractivity contribution in [2.24, 2.45) is 5.84 Å². The number of para-hydroxylation sites is 1. The second kappa shape index (κ2) is 10.4.